The number of nitrogens with one attached hydrogen (secondary N) is 2. The van der Waals surface area contributed by atoms with Gasteiger partial charge in [0.15, 0.2) is 0 Å². The quantitative estimate of drug-likeness (QED) is 0.839. The Kier molecular flexibility index (Phi) is 4.13. The molecule has 0 aromatic heterocycles. The molecule has 0 spiro atoms. The number of benzene rings is 1. The van der Waals surface area contributed by atoms with Crippen LogP contribution in [0.4, 0.5) is 4.39 Å². The van der Waals surface area contributed by atoms with Crippen molar-refractivity contribution in [3.05, 3.63) is 35.6 Å². The Morgan fingerprint density at radius 3 is 2.53 bits per heavy atom. The predicted octanol–water partition coefficient (Wildman–Crippen LogP) is 2.47. The van der Waals surface area contributed by atoms with Gasteiger partial charge in [0.2, 0.25) is 0 Å². The molecule has 1 fully saturated rings. The van der Waals surface area contributed by atoms with E-state index in [0.29, 0.717) is 18.0 Å². The van der Waals surface area contributed by atoms with Crippen LogP contribution >= 0.6 is 0 Å². The summed E-state index contributed by atoms with van der Waals surface area (Å²) in [6, 6.07) is 7.69. The van der Waals surface area contributed by atoms with Gasteiger partial charge in [0.05, 0.1) is 0 Å². The Hall–Kier alpha value is -0.930. The molecule has 2 atom stereocenters. The Morgan fingerprint density at radius 1 is 1.29 bits per heavy atom. The van der Waals surface area contributed by atoms with Crippen LogP contribution in [0, 0.1) is 11.7 Å². The van der Waals surface area contributed by atoms with Crippen molar-refractivity contribution in [2.24, 2.45) is 5.92 Å². The van der Waals surface area contributed by atoms with Gasteiger partial charge in [-0.1, -0.05) is 26.0 Å². The standard InChI is InChI=1S/C14H21FN2/c1-10(2)14(17-13-7-8-16-9-13)11-3-5-12(15)6-4-11/h3-6,10,13-14,16-17H,7-9H2,1-2H3. The van der Waals surface area contributed by atoms with Crippen molar-refractivity contribution >= 4 is 0 Å². The molecule has 2 unspecified atom stereocenters. The Morgan fingerprint density at radius 2 is 2.00 bits per heavy atom. The first-order chi connectivity index (χ1) is 8.16. The predicted molar refractivity (Wildman–Crippen MR) is 68.4 cm³/mol. The molecule has 3 heteroatoms. The number of rotatable bonds is 4. The van der Waals surface area contributed by atoms with Crippen molar-refractivity contribution in [3.8, 4) is 0 Å². The lowest BCUT2D eigenvalue weighted by molar-refractivity contribution is 0.368. The van der Waals surface area contributed by atoms with E-state index >= 15 is 0 Å². The summed E-state index contributed by atoms with van der Waals surface area (Å²) in [4.78, 5) is 0. The molecule has 0 amide bonds. The lowest BCUT2D eigenvalue weighted by Crippen LogP contribution is -2.36. The first-order valence-corrected chi connectivity index (χ1v) is 6.39. The number of hydrogen-bond acceptors (Lipinski definition) is 2. The Labute approximate surface area is 103 Å². The van der Waals surface area contributed by atoms with E-state index in [-0.39, 0.29) is 5.82 Å². The van der Waals surface area contributed by atoms with Gasteiger partial charge in [-0.25, -0.2) is 4.39 Å². The fraction of sp³-hybridized carbons (Fsp3) is 0.571. The van der Waals surface area contributed by atoms with Crippen LogP contribution in [0.3, 0.4) is 0 Å². The molecular formula is C14H21FN2. The molecule has 1 aromatic rings. The SMILES string of the molecule is CC(C)C(NC1CCNC1)c1ccc(F)cc1. The average molecular weight is 236 g/mol. The van der Waals surface area contributed by atoms with Gasteiger partial charge in [-0.2, -0.15) is 0 Å². The fourth-order valence-corrected chi connectivity index (χ4v) is 2.39. The average Bonchev–Trinajstić information content (AvgIpc) is 2.80. The molecule has 2 rings (SSSR count). The molecule has 2 N–H and O–H groups in total. The van der Waals surface area contributed by atoms with E-state index in [1.807, 2.05) is 12.1 Å². The number of hydrogen-bond donors (Lipinski definition) is 2. The minimum Gasteiger partial charge on any atom is -0.315 e. The summed E-state index contributed by atoms with van der Waals surface area (Å²) >= 11 is 0. The van der Waals surface area contributed by atoms with Crippen molar-refractivity contribution in [2.45, 2.75) is 32.4 Å². The highest BCUT2D eigenvalue weighted by atomic mass is 19.1. The minimum absolute atomic E-state index is 0.168. The van der Waals surface area contributed by atoms with Gasteiger partial charge in [-0.05, 0) is 36.6 Å². The van der Waals surface area contributed by atoms with Crippen LogP contribution < -0.4 is 10.6 Å². The maximum absolute atomic E-state index is 12.9. The van der Waals surface area contributed by atoms with E-state index in [4.69, 9.17) is 0 Å². The Balaban J connectivity index is 2.08. The zero-order valence-corrected chi connectivity index (χ0v) is 10.5. The van der Waals surface area contributed by atoms with E-state index in [2.05, 4.69) is 24.5 Å². The lowest BCUT2D eigenvalue weighted by Gasteiger charge is -2.26. The zero-order chi connectivity index (χ0) is 12.3. The highest BCUT2D eigenvalue weighted by Crippen LogP contribution is 2.23. The molecule has 17 heavy (non-hydrogen) atoms. The second-order valence-corrected chi connectivity index (χ2v) is 5.13. The summed E-state index contributed by atoms with van der Waals surface area (Å²) in [7, 11) is 0. The second-order valence-electron chi connectivity index (χ2n) is 5.13. The maximum atomic E-state index is 12.9. The summed E-state index contributed by atoms with van der Waals surface area (Å²) in [6.45, 7) is 6.52. The third-order valence-corrected chi connectivity index (χ3v) is 3.37. The van der Waals surface area contributed by atoms with Crippen LogP contribution in [0.5, 0.6) is 0 Å². The minimum atomic E-state index is -0.168. The second kappa shape index (κ2) is 5.61. The third-order valence-electron chi connectivity index (χ3n) is 3.37. The van der Waals surface area contributed by atoms with Crippen LogP contribution in [0.25, 0.3) is 0 Å². The van der Waals surface area contributed by atoms with Crippen molar-refractivity contribution < 1.29 is 4.39 Å². The molecule has 94 valence electrons. The molecule has 0 aliphatic carbocycles. The highest BCUT2D eigenvalue weighted by molar-refractivity contribution is 5.20. The molecule has 1 heterocycles. The van der Waals surface area contributed by atoms with Gasteiger partial charge in [0.1, 0.15) is 5.82 Å². The van der Waals surface area contributed by atoms with Gasteiger partial charge < -0.3 is 10.6 Å². The first kappa shape index (κ1) is 12.5. The normalized spacial score (nSPS) is 22.0. The molecule has 1 saturated heterocycles. The summed E-state index contributed by atoms with van der Waals surface area (Å²) in [6.07, 6.45) is 1.17. The first-order valence-electron chi connectivity index (χ1n) is 6.39. The largest absolute Gasteiger partial charge is 0.315 e. The van der Waals surface area contributed by atoms with Gasteiger partial charge in [-0.3, -0.25) is 0 Å². The summed E-state index contributed by atoms with van der Waals surface area (Å²) < 4.78 is 12.9. The highest BCUT2D eigenvalue weighted by Gasteiger charge is 2.22. The summed E-state index contributed by atoms with van der Waals surface area (Å²) in [5, 5.41) is 7.02. The molecule has 1 aliphatic rings. The third kappa shape index (κ3) is 3.27. The molecule has 2 nitrogen and oxygen atoms in total. The molecule has 0 saturated carbocycles. The molecule has 0 radical (unpaired) electrons. The zero-order valence-electron chi connectivity index (χ0n) is 10.5. The van der Waals surface area contributed by atoms with E-state index in [1.165, 1.54) is 12.0 Å². The summed E-state index contributed by atoms with van der Waals surface area (Å²) in [5.74, 6) is 0.333. The van der Waals surface area contributed by atoms with Crippen LogP contribution in [0.1, 0.15) is 31.9 Å². The maximum Gasteiger partial charge on any atom is 0.123 e. The van der Waals surface area contributed by atoms with Crippen molar-refractivity contribution in [2.75, 3.05) is 13.1 Å². The van der Waals surface area contributed by atoms with Crippen LogP contribution in [-0.2, 0) is 0 Å². The molecular weight excluding hydrogens is 215 g/mol. The van der Waals surface area contributed by atoms with E-state index in [1.54, 1.807) is 12.1 Å². The van der Waals surface area contributed by atoms with Gasteiger partial charge in [0, 0.05) is 18.6 Å². The lowest BCUT2D eigenvalue weighted by atomic mass is 9.95. The molecule has 1 aliphatic heterocycles. The Bertz CT molecular complexity index is 342. The van der Waals surface area contributed by atoms with Crippen molar-refractivity contribution in [1.82, 2.24) is 10.6 Å². The van der Waals surface area contributed by atoms with E-state index < -0.39 is 0 Å². The monoisotopic (exact) mass is 236 g/mol. The molecule has 1 aromatic carbocycles. The number of halogens is 1. The van der Waals surface area contributed by atoms with Gasteiger partial charge in [0.25, 0.3) is 0 Å². The van der Waals surface area contributed by atoms with E-state index in [9.17, 15) is 4.39 Å². The van der Waals surface area contributed by atoms with E-state index in [0.717, 1.165) is 13.1 Å². The molecule has 0 bridgehead atoms. The van der Waals surface area contributed by atoms with Gasteiger partial charge in [-0.15, -0.1) is 0 Å². The smallest absolute Gasteiger partial charge is 0.123 e. The van der Waals surface area contributed by atoms with Crippen molar-refractivity contribution in [3.63, 3.8) is 0 Å². The fourth-order valence-electron chi connectivity index (χ4n) is 2.39. The van der Waals surface area contributed by atoms with Gasteiger partial charge >= 0.3 is 0 Å². The van der Waals surface area contributed by atoms with Crippen LogP contribution in [0.2, 0.25) is 0 Å². The summed E-state index contributed by atoms with van der Waals surface area (Å²) in [5.41, 5.74) is 1.17. The van der Waals surface area contributed by atoms with Crippen molar-refractivity contribution in [1.29, 1.82) is 0 Å². The van der Waals surface area contributed by atoms with Crippen LogP contribution in [-0.4, -0.2) is 19.1 Å². The van der Waals surface area contributed by atoms with Crippen LogP contribution in [0.15, 0.2) is 24.3 Å². The topological polar surface area (TPSA) is 24.1 Å².